The number of rotatable bonds is 10. The highest BCUT2D eigenvalue weighted by atomic mass is 32.2. The van der Waals surface area contributed by atoms with Crippen LogP contribution in [0.15, 0.2) is 112 Å². The minimum Gasteiger partial charge on any atom is -0.497 e. The van der Waals surface area contributed by atoms with Crippen LogP contribution in [0.3, 0.4) is 0 Å². The van der Waals surface area contributed by atoms with Gasteiger partial charge in [0.15, 0.2) is 5.17 Å². The fourth-order valence-electron chi connectivity index (χ4n) is 4.18. The summed E-state index contributed by atoms with van der Waals surface area (Å²) in [5, 5.41) is 11.3. The van der Waals surface area contributed by atoms with Crippen molar-refractivity contribution < 1.29 is 18.7 Å². The first-order valence-electron chi connectivity index (χ1n) is 12.8. The molecule has 1 aliphatic heterocycles. The largest absolute Gasteiger partial charge is 0.497 e. The summed E-state index contributed by atoms with van der Waals surface area (Å²) in [7, 11) is 1.58. The SMILES string of the molecule is COc1ccc(NC(=O)CC2S/C(=N\N=C\c3ccc(-c4ccccc4)o3)N(CCc3ccccc3)C2=O)cc1. The van der Waals surface area contributed by atoms with Crippen LogP contribution >= 0.6 is 11.8 Å². The predicted molar refractivity (Wildman–Crippen MR) is 159 cm³/mol. The Balaban J connectivity index is 1.28. The Morgan fingerprint density at radius 2 is 1.73 bits per heavy atom. The van der Waals surface area contributed by atoms with Gasteiger partial charge < -0.3 is 14.5 Å². The van der Waals surface area contributed by atoms with Crippen LogP contribution < -0.4 is 10.1 Å². The minimum absolute atomic E-state index is 0.0126. The molecule has 3 aromatic carbocycles. The molecule has 40 heavy (non-hydrogen) atoms. The standard InChI is InChI=1S/C31H28N4O4S/c1-38-25-14-12-24(13-15-25)33-29(36)20-28-30(37)35(19-18-22-8-4-2-5-9-22)31(40-28)34-32-21-26-16-17-27(39-26)23-10-6-3-7-11-23/h2-17,21,28H,18-20H2,1H3,(H,33,36)/b32-21+,34-31-. The number of thioether (sulfide) groups is 1. The number of anilines is 1. The fourth-order valence-corrected chi connectivity index (χ4v) is 5.30. The lowest BCUT2D eigenvalue weighted by Crippen LogP contribution is -2.35. The van der Waals surface area contributed by atoms with Crippen LogP contribution in [-0.4, -0.2) is 47.0 Å². The van der Waals surface area contributed by atoms with Crippen molar-refractivity contribution >= 4 is 40.6 Å². The van der Waals surface area contributed by atoms with E-state index in [1.807, 2.05) is 72.8 Å². The number of nitrogens with one attached hydrogen (secondary N) is 1. The van der Waals surface area contributed by atoms with E-state index in [1.165, 1.54) is 18.0 Å². The summed E-state index contributed by atoms with van der Waals surface area (Å²) in [6, 6.07) is 30.4. The second-order valence-electron chi connectivity index (χ2n) is 9.01. The molecule has 5 rings (SSSR count). The van der Waals surface area contributed by atoms with Crippen molar-refractivity contribution in [3.63, 3.8) is 0 Å². The maximum absolute atomic E-state index is 13.4. The lowest BCUT2D eigenvalue weighted by molar-refractivity contribution is -0.128. The molecule has 1 N–H and O–H groups in total. The number of carbonyl (C=O) groups excluding carboxylic acids is 2. The number of ether oxygens (including phenoxy) is 1. The normalized spacial score (nSPS) is 16.1. The lowest BCUT2D eigenvalue weighted by Gasteiger charge is -2.15. The number of hydrogen-bond acceptors (Lipinski definition) is 7. The van der Waals surface area contributed by atoms with Crippen molar-refractivity contribution in [3.8, 4) is 17.1 Å². The van der Waals surface area contributed by atoms with Gasteiger partial charge in [0.25, 0.3) is 0 Å². The minimum atomic E-state index is -0.601. The monoisotopic (exact) mass is 552 g/mol. The maximum Gasteiger partial charge on any atom is 0.242 e. The van der Waals surface area contributed by atoms with Crippen LogP contribution in [-0.2, 0) is 16.0 Å². The number of amidine groups is 1. The maximum atomic E-state index is 13.4. The molecule has 1 saturated heterocycles. The summed E-state index contributed by atoms with van der Waals surface area (Å²) < 4.78 is 11.0. The highest BCUT2D eigenvalue weighted by Crippen LogP contribution is 2.30. The first-order chi connectivity index (χ1) is 19.6. The van der Waals surface area contributed by atoms with Crippen molar-refractivity contribution in [1.29, 1.82) is 0 Å². The van der Waals surface area contributed by atoms with Gasteiger partial charge in [0.1, 0.15) is 22.5 Å². The average molecular weight is 553 g/mol. The summed E-state index contributed by atoms with van der Waals surface area (Å²) in [4.78, 5) is 27.7. The quantitative estimate of drug-likeness (QED) is 0.196. The van der Waals surface area contributed by atoms with E-state index in [4.69, 9.17) is 9.15 Å². The second kappa shape index (κ2) is 12.9. The Labute approximate surface area is 236 Å². The average Bonchev–Trinajstić information content (AvgIpc) is 3.58. The molecule has 0 radical (unpaired) electrons. The van der Waals surface area contributed by atoms with E-state index in [2.05, 4.69) is 15.5 Å². The highest BCUT2D eigenvalue weighted by Gasteiger charge is 2.39. The van der Waals surface area contributed by atoms with Gasteiger partial charge in [-0.2, -0.15) is 5.10 Å². The number of carbonyl (C=O) groups is 2. The van der Waals surface area contributed by atoms with Gasteiger partial charge in [-0.3, -0.25) is 14.5 Å². The van der Waals surface area contributed by atoms with Gasteiger partial charge in [0, 0.05) is 24.2 Å². The molecule has 1 fully saturated rings. The van der Waals surface area contributed by atoms with Crippen molar-refractivity contribution in [3.05, 3.63) is 108 Å². The fraction of sp³-hybridized carbons (Fsp3) is 0.161. The molecule has 1 aromatic heterocycles. The van der Waals surface area contributed by atoms with Gasteiger partial charge in [-0.05, 0) is 48.4 Å². The zero-order valence-corrected chi connectivity index (χ0v) is 22.7. The highest BCUT2D eigenvalue weighted by molar-refractivity contribution is 8.15. The molecule has 9 heteroatoms. The number of methoxy groups -OCH3 is 1. The Bertz CT molecular complexity index is 1500. The molecular formula is C31H28N4O4S. The van der Waals surface area contributed by atoms with Crippen LogP contribution in [0.2, 0.25) is 0 Å². The van der Waals surface area contributed by atoms with Crippen molar-refractivity contribution in [2.75, 3.05) is 19.0 Å². The molecule has 0 spiro atoms. The Kier molecular flexibility index (Phi) is 8.73. The van der Waals surface area contributed by atoms with Crippen LogP contribution in [0.25, 0.3) is 11.3 Å². The van der Waals surface area contributed by atoms with Gasteiger partial charge in [0.05, 0.1) is 13.3 Å². The number of benzene rings is 3. The van der Waals surface area contributed by atoms with Gasteiger partial charge in [0.2, 0.25) is 11.8 Å². The first-order valence-corrected chi connectivity index (χ1v) is 13.7. The second-order valence-corrected chi connectivity index (χ2v) is 10.2. The molecule has 4 aromatic rings. The van der Waals surface area contributed by atoms with E-state index in [9.17, 15) is 9.59 Å². The van der Waals surface area contributed by atoms with E-state index in [0.29, 0.717) is 35.3 Å². The molecule has 0 saturated carbocycles. The Morgan fingerprint density at radius 3 is 2.45 bits per heavy atom. The molecule has 1 unspecified atom stereocenters. The van der Waals surface area contributed by atoms with Gasteiger partial charge in [-0.15, -0.1) is 5.10 Å². The third kappa shape index (κ3) is 6.86. The number of hydrogen-bond donors (Lipinski definition) is 1. The molecular weight excluding hydrogens is 524 g/mol. The lowest BCUT2D eigenvalue weighted by atomic mass is 10.1. The van der Waals surface area contributed by atoms with Crippen LogP contribution in [0, 0.1) is 0 Å². The van der Waals surface area contributed by atoms with Gasteiger partial charge in [-0.1, -0.05) is 72.4 Å². The number of furan rings is 1. The van der Waals surface area contributed by atoms with Crippen LogP contribution in [0.5, 0.6) is 5.75 Å². The Morgan fingerprint density at radius 1 is 1.00 bits per heavy atom. The summed E-state index contributed by atoms with van der Waals surface area (Å²) in [5.74, 6) is 1.55. The van der Waals surface area contributed by atoms with Crippen molar-refractivity contribution in [2.45, 2.75) is 18.1 Å². The number of nitrogens with zero attached hydrogens (tertiary/aromatic N) is 3. The van der Waals surface area contributed by atoms with E-state index in [1.54, 1.807) is 36.3 Å². The van der Waals surface area contributed by atoms with E-state index < -0.39 is 5.25 Å². The topological polar surface area (TPSA) is 96.5 Å². The predicted octanol–water partition coefficient (Wildman–Crippen LogP) is 5.86. The molecule has 8 nitrogen and oxygen atoms in total. The van der Waals surface area contributed by atoms with E-state index >= 15 is 0 Å². The third-order valence-corrected chi connectivity index (χ3v) is 7.41. The molecule has 1 aliphatic rings. The summed E-state index contributed by atoms with van der Waals surface area (Å²) in [5.41, 5.74) is 2.70. The summed E-state index contributed by atoms with van der Waals surface area (Å²) in [6.45, 7) is 0.430. The summed E-state index contributed by atoms with van der Waals surface area (Å²) in [6.07, 6.45) is 2.18. The van der Waals surface area contributed by atoms with Crippen LogP contribution in [0.1, 0.15) is 17.7 Å². The smallest absolute Gasteiger partial charge is 0.242 e. The molecule has 1 atom stereocenters. The molecule has 2 heterocycles. The van der Waals surface area contributed by atoms with E-state index in [-0.39, 0.29) is 18.2 Å². The van der Waals surface area contributed by atoms with E-state index in [0.717, 1.165) is 16.9 Å². The van der Waals surface area contributed by atoms with Crippen molar-refractivity contribution in [2.24, 2.45) is 10.2 Å². The molecule has 202 valence electrons. The van der Waals surface area contributed by atoms with Gasteiger partial charge >= 0.3 is 0 Å². The molecule has 0 bridgehead atoms. The molecule has 2 amide bonds. The van der Waals surface area contributed by atoms with Crippen molar-refractivity contribution in [1.82, 2.24) is 4.90 Å². The first kappa shape index (κ1) is 27.0. The van der Waals surface area contributed by atoms with Gasteiger partial charge in [-0.25, -0.2) is 0 Å². The van der Waals surface area contributed by atoms with Crippen LogP contribution in [0.4, 0.5) is 5.69 Å². The zero-order valence-electron chi connectivity index (χ0n) is 21.9. The summed E-state index contributed by atoms with van der Waals surface area (Å²) >= 11 is 1.25. The third-order valence-electron chi connectivity index (χ3n) is 6.24. The number of amides is 2. The zero-order chi connectivity index (χ0) is 27.7. The molecule has 0 aliphatic carbocycles. The Hall–Kier alpha value is -4.63.